The first-order valence-electron chi connectivity index (χ1n) is 8.36. The molecule has 1 heterocycles. The Morgan fingerprint density at radius 3 is 2.44 bits per heavy atom. The second-order valence-corrected chi connectivity index (χ2v) is 6.95. The van der Waals surface area contributed by atoms with E-state index >= 15 is 0 Å². The summed E-state index contributed by atoms with van der Waals surface area (Å²) in [5.41, 5.74) is 0. The lowest BCUT2D eigenvalue weighted by molar-refractivity contribution is 0.149. The second kappa shape index (κ2) is 6.38. The molecule has 1 aliphatic heterocycles. The van der Waals surface area contributed by atoms with Gasteiger partial charge in [-0.1, -0.05) is 19.3 Å². The molecule has 0 aromatic carbocycles. The maximum atomic E-state index is 3.81. The molecule has 0 spiro atoms. The van der Waals surface area contributed by atoms with Gasteiger partial charge in [-0.05, 0) is 63.5 Å². The predicted octanol–water partition coefficient (Wildman–Crippen LogP) is 3.03. The number of likely N-dealkylation sites (tertiary alicyclic amines) is 1. The minimum Gasteiger partial charge on any atom is -0.312 e. The highest BCUT2D eigenvalue weighted by Gasteiger charge is 2.26. The molecule has 1 atom stereocenters. The molecule has 2 heteroatoms. The molecular formula is C16H30N2. The van der Waals surface area contributed by atoms with Crippen LogP contribution in [0.4, 0.5) is 0 Å². The number of nitrogens with zero attached hydrogens (tertiary/aromatic N) is 1. The van der Waals surface area contributed by atoms with Gasteiger partial charge in [0.1, 0.15) is 0 Å². The van der Waals surface area contributed by atoms with E-state index in [0.29, 0.717) is 0 Å². The fourth-order valence-corrected chi connectivity index (χ4v) is 3.78. The van der Waals surface area contributed by atoms with Crippen LogP contribution >= 0.6 is 0 Å². The lowest BCUT2D eigenvalue weighted by Gasteiger charge is -2.36. The Hall–Kier alpha value is -0.0800. The molecule has 3 fully saturated rings. The van der Waals surface area contributed by atoms with Crippen molar-refractivity contribution in [3.63, 3.8) is 0 Å². The Balaban J connectivity index is 1.38. The van der Waals surface area contributed by atoms with Gasteiger partial charge in [-0.3, -0.25) is 0 Å². The van der Waals surface area contributed by atoms with Gasteiger partial charge in [0.15, 0.2) is 0 Å². The first-order chi connectivity index (χ1) is 8.90. The molecule has 0 amide bonds. The summed E-state index contributed by atoms with van der Waals surface area (Å²) in [6.45, 7) is 5.37. The third-order valence-electron chi connectivity index (χ3n) is 5.14. The van der Waals surface area contributed by atoms with Crippen LogP contribution in [0.5, 0.6) is 0 Å². The van der Waals surface area contributed by atoms with E-state index in [1.165, 1.54) is 84.0 Å². The van der Waals surface area contributed by atoms with Crippen molar-refractivity contribution in [3.8, 4) is 0 Å². The van der Waals surface area contributed by atoms with E-state index in [0.717, 1.165) is 17.9 Å². The highest BCUT2D eigenvalue weighted by molar-refractivity contribution is 4.83. The molecule has 0 radical (unpaired) electrons. The monoisotopic (exact) mass is 250 g/mol. The van der Waals surface area contributed by atoms with Crippen LogP contribution in [0.15, 0.2) is 0 Å². The number of piperidine rings is 1. The van der Waals surface area contributed by atoms with Crippen LogP contribution in [-0.2, 0) is 0 Å². The quantitative estimate of drug-likeness (QED) is 0.807. The van der Waals surface area contributed by atoms with Gasteiger partial charge in [0.05, 0.1) is 0 Å². The van der Waals surface area contributed by atoms with Gasteiger partial charge in [0, 0.05) is 19.1 Å². The van der Waals surface area contributed by atoms with Crippen molar-refractivity contribution in [3.05, 3.63) is 0 Å². The van der Waals surface area contributed by atoms with Crippen LogP contribution in [0.3, 0.4) is 0 Å². The van der Waals surface area contributed by atoms with Gasteiger partial charge in [0.2, 0.25) is 0 Å². The average Bonchev–Trinajstić information content (AvgIpc) is 3.22. The number of rotatable bonds is 5. The maximum absolute atomic E-state index is 3.81. The third kappa shape index (κ3) is 3.96. The van der Waals surface area contributed by atoms with Gasteiger partial charge >= 0.3 is 0 Å². The van der Waals surface area contributed by atoms with E-state index in [1.807, 2.05) is 0 Å². The van der Waals surface area contributed by atoms with E-state index in [9.17, 15) is 0 Å². The number of hydrogen-bond donors (Lipinski definition) is 1. The molecule has 3 rings (SSSR count). The Morgan fingerprint density at radius 2 is 1.67 bits per heavy atom. The standard InChI is InChI=1S/C16H30N2/c1-2-5-15(6-3-1)12-18-10-4-7-16(13-18)17-11-14-8-9-14/h14-17H,1-13H2/t16-/m1/s1. The van der Waals surface area contributed by atoms with Crippen LogP contribution in [-0.4, -0.2) is 37.1 Å². The number of nitrogens with one attached hydrogen (secondary N) is 1. The number of hydrogen-bond acceptors (Lipinski definition) is 2. The topological polar surface area (TPSA) is 15.3 Å². The lowest BCUT2D eigenvalue weighted by atomic mass is 9.88. The highest BCUT2D eigenvalue weighted by Crippen LogP contribution is 2.28. The normalized spacial score (nSPS) is 31.7. The minimum atomic E-state index is 0.794. The molecule has 0 unspecified atom stereocenters. The third-order valence-corrected chi connectivity index (χ3v) is 5.14. The smallest absolute Gasteiger partial charge is 0.0195 e. The zero-order valence-corrected chi connectivity index (χ0v) is 11.9. The summed E-state index contributed by atoms with van der Waals surface area (Å²) >= 11 is 0. The lowest BCUT2D eigenvalue weighted by Crippen LogP contribution is -2.47. The summed E-state index contributed by atoms with van der Waals surface area (Å²) in [4.78, 5) is 2.75. The molecule has 0 aromatic heterocycles. The molecule has 2 aliphatic carbocycles. The Bertz CT molecular complexity index is 243. The van der Waals surface area contributed by atoms with Crippen LogP contribution in [0.2, 0.25) is 0 Å². The Morgan fingerprint density at radius 1 is 0.833 bits per heavy atom. The first kappa shape index (κ1) is 12.9. The molecule has 1 N–H and O–H groups in total. The SMILES string of the molecule is C1CCC(CN2CCC[C@@H](NCC3CC3)C2)CC1. The molecule has 1 saturated heterocycles. The van der Waals surface area contributed by atoms with E-state index in [-0.39, 0.29) is 0 Å². The summed E-state index contributed by atoms with van der Waals surface area (Å²) in [7, 11) is 0. The zero-order valence-electron chi connectivity index (χ0n) is 11.9. The van der Waals surface area contributed by atoms with E-state index in [4.69, 9.17) is 0 Å². The van der Waals surface area contributed by atoms with Gasteiger partial charge in [-0.2, -0.15) is 0 Å². The molecule has 0 aromatic rings. The fraction of sp³-hybridized carbons (Fsp3) is 1.00. The van der Waals surface area contributed by atoms with Crippen LogP contribution < -0.4 is 5.32 Å². The van der Waals surface area contributed by atoms with Gasteiger partial charge in [-0.25, -0.2) is 0 Å². The van der Waals surface area contributed by atoms with E-state index in [1.54, 1.807) is 0 Å². The highest BCUT2D eigenvalue weighted by atomic mass is 15.2. The van der Waals surface area contributed by atoms with Crippen LogP contribution in [0.25, 0.3) is 0 Å². The molecule has 3 aliphatic rings. The van der Waals surface area contributed by atoms with Crippen molar-refractivity contribution in [1.29, 1.82) is 0 Å². The first-order valence-corrected chi connectivity index (χ1v) is 8.36. The Labute approximate surface area is 113 Å². The fourth-order valence-electron chi connectivity index (χ4n) is 3.78. The molecule has 0 bridgehead atoms. The second-order valence-electron chi connectivity index (χ2n) is 6.95. The van der Waals surface area contributed by atoms with Gasteiger partial charge < -0.3 is 10.2 Å². The van der Waals surface area contributed by atoms with Crippen molar-refractivity contribution in [2.75, 3.05) is 26.2 Å². The van der Waals surface area contributed by atoms with Crippen molar-refractivity contribution in [2.45, 2.75) is 63.8 Å². The molecule has 2 saturated carbocycles. The Kier molecular flexibility index (Phi) is 4.58. The van der Waals surface area contributed by atoms with Crippen LogP contribution in [0.1, 0.15) is 57.8 Å². The van der Waals surface area contributed by atoms with Crippen molar-refractivity contribution in [2.24, 2.45) is 11.8 Å². The van der Waals surface area contributed by atoms with Crippen molar-refractivity contribution >= 4 is 0 Å². The summed E-state index contributed by atoms with van der Waals surface area (Å²) in [5, 5.41) is 3.81. The van der Waals surface area contributed by atoms with E-state index < -0.39 is 0 Å². The molecular weight excluding hydrogens is 220 g/mol. The van der Waals surface area contributed by atoms with Gasteiger partial charge in [-0.15, -0.1) is 0 Å². The zero-order chi connectivity index (χ0) is 12.2. The summed E-state index contributed by atoms with van der Waals surface area (Å²) in [5.74, 6) is 2.04. The van der Waals surface area contributed by atoms with E-state index in [2.05, 4.69) is 10.2 Å². The summed E-state index contributed by atoms with van der Waals surface area (Å²) in [6, 6.07) is 0.794. The van der Waals surface area contributed by atoms with Crippen LogP contribution in [0, 0.1) is 11.8 Å². The molecule has 18 heavy (non-hydrogen) atoms. The predicted molar refractivity (Wildman–Crippen MR) is 76.8 cm³/mol. The van der Waals surface area contributed by atoms with Gasteiger partial charge in [0.25, 0.3) is 0 Å². The summed E-state index contributed by atoms with van der Waals surface area (Å²) < 4.78 is 0. The maximum Gasteiger partial charge on any atom is 0.0195 e. The minimum absolute atomic E-state index is 0.794. The molecule has 2 nitrogen and oxygen atoms in total. The largest absolute Gasteiger partial charge is 0.312 e. The van der Waals surface area contributed by atoms with Crippen molar-refractivity contribution in [1.82, 2.24) is 10.2 Å². The molecule has 104 valence electrons. The summed E-state index contributed by atoms with van der Waals surface area (Å²) in [6.07, 6.45) is 13.2. The van der Waals surface area contributed by atoms with Crippen molar-refractivity contribution < 1.29 is 0 Å². The average molecular weight is 250 g/mol.